The third kappa shape index (κ3) is 3.17. The quantitative estimate of drug-likeness (QED) is 0.781. The molecule has 0 aliphatic rings. The second-order valence-electron chi connectivity index (χ2n) is 3.56. The predicted octanol–water partition coefficient (Wildman–Crippen LogP) is 3.21. The highest BCUT2D eigenvalue weighted by Crippen LogP contribution is 2.18. The van der Waals surface area contributed by atoms with Gasteiger partial charge in [-0.2, -0.15) is 0 Å². The highest BCUT2D eigenvalue weighted by molar-refractivity contribution is 7.09. The second-order valence-corrected chi connectivity index (χ2v) is 4.77. The largest absolute Gasteiger partial charge is 0.477 e. The van der Waals surface area contributed by atoms with Crippen molar-refractivity contribution in [2.45, 2.75) is 19.2 Å². The van der Waals surface area contributed by atoms with Gasteiger partial charge in [0.15, 0.2) is 0 Å². The van der Waals surface area contributed by atoms with Crippen LogP contribution in [-0.2, 0) is 12.3 Å². The Labute approximate surface area is 109 Å². The normalized spacial score (nSPS) is 10.5. The number of aryl methyl sites for hydroxylation is 1. The number of thiazole rings is 1. The average Bonchev–Trinajstić information content (AvgIpc) is 2.76. The number of ether oxygens (including phenoxy) is 1. The number of pyridine rings is 1. The summed E-state index contributed by atoms with van der Waals surface area (Å²) < 4.78 is 5.64. The molecule has 0 aliphatic heterocycles. The number of alkyl halides is 1. The zero-order valence-electron chi connectivity index (χ0n) is 9.52. The van der Waals surface area contributed by atoms with Gasteiger partial charge in [-0.15, -0.1) is 22.9 Å². The lowest BCUT2D eigenvalue weighted by molar-refractivity contribution is 0.307. The van der Waals surface area contributed by atoms with E-state index < -0.39 is 0 Å². The summed E-state index contributed by atoms with van der Waals surface area (Å²) in [5, 5.41) is 0. The summed E-state index contributed by atoms with van der Waals surface area (Å²) in [5.41, 5.74) is 3.86. The Hall–Kier alpha value is -1.13. The Bertz CT molecular complexity index is 487. The second kappa shape index (κ2) is 5.98. The molecule has 0 unspecified atom stereocenters. The Morgan fingerprint density at radius 3 is 3.00 bits per heavy atom. The molecule has 0 amide bonds. The van der Waals surface area contributed by atoms with E-state index in [0.29, 0.717) is 18.4 Å². The number of nitrogens with zero attached hydrogens (tertiary/aromatic N) is 2. The van der Waals surface area contributed by atoms with Crippen LogP contribution in [0.1, 0.15) is 16.1 Å². The Morgan fingerprint density at radius 1 is 1.41 bits per heavy atom. The van der Waals surface area contributed by atoms with Gasteiger partial charge in [0.1, 0.15) is 0 Å². The first kappa shape index (κ1) is 12.3. The molecule has 2 rings (SSSR count). The fourth-order valence-electron chi connectivity index (χ4n) is 1.46. The fraction of sp³-hybridized carbons (Fsp3) is 0.333. The molecule has 0 atom stereocenters. The minimum Gasteiger partial charge on any atom is -0.477 e. The van der Waals surface area contributed by atoms with Crippen LogP contribution in [0.25, 0.3) is 0 Å². The Balaban J connectivity index is 1.92. The van der Waals surface area contributed by atoms with Gasteiger partial charge in [0.2, 0.25) is 5.88 Å². The van der Waals surface area contributed by atoms with E-state index in [-0.39, 0.29) is 0 Å². The van der Waals surface area contributed by atoms with Gasteiger partial charge in [-0.25, -0.2) is 9.97 Å². The molecule has 2 heterocycles. The highest BCUT2D eigenvalue weighted by atomic mass is 35.5. The van der Waals surface area contributed by atoms with Crippen LogP contribution in [0.3, 0.4) is 0 Å². The van der Waals surface area contributed by atoms with Gasteiger partial charge in [0.05, 0.1) is 23.7 Å². The van der Waals surface area contributed by atoms with Crippen LogP contribution in [0, 0.1) is 6.92 Å². The van der Waals surface area contributed by atoms with E-state index in [1.807, 2.05) is 24.6 Å². The summed E-state index contributed by atoms with van der Waals surface area (Å²) in [6, 6.07) is 3.78. The van der Waals surface area contributed by atoms with E-state index in [2.05, 4.69) is 9.97 Å². The van der Waals surface area contributed by atoms with Crippen LogP contribution in [0.2, 0.25) is 0 Å². The Kier molecular flexibility index (Phi) is 4.34. The molecule has 0 radical (unpaired) electrons. The average molecular weight is 269 g/mol. The van der Waals surface area contributed by atoms with Crippen LogP contribution in [-0.4, -0.2) is 16.6 Å². The molecule has 0 aliphatic carbocycles. The van der Waals surface area contributed by atoms with Gasteiger partial charge >= 0.3 is 0 Å². The van der Waals surface area contributed by atoms with Crippen molar-refractivity contribution in [1.29, 1.82) is 0 Å². The third-order valence-corrected chi connectivity index (χ3v) is 3.69. The zero-order valence-corrected chi connectivity index (χ0v) is 11.1. The Morgan fingerprint density at radius 2 is 2.29 bits per heavy atom. The van der Waals surface area contributed by atoms with Gasteiger partial charge in [0, 0.05) is 23.1 Å². The molecule has 0 spiro atoms. The molecule has 0 fully saturated rings. The van der Waals surface area contributed by atoms with Gasteiger partial charge in [-0.05, 0) is 13.0 Å². The molecular weight excluding hydrogens is 256 g/mol. The lowest BCUT2D eigenvalue weighted by atomic mass is 10.3. The summed E-state index contributed by atoms with van der Waals surface area (Å²) >= 11 is 7.46. The third-order valence-electron chi connectivity index (χ3n) is 2.41. The molecule has 17 heavy (non-hydrogen) atoms. The van der Waals surface area contributed by atoms with E-state index in [1.54, 1.807) is 17.5 Å². The maximum absolute atomic E-state index is 5.81. The monoisotopic (exact) mass is 268 g/mol. The van der Waals surface area contributed by atoms with Gasteiger partial charge in [0.25, 0.3) is 0 Å². The number of aromatic nitrogens is 2. The summed E-state index contributed by atoms with van der Waals surface area (Å²) in [6.45, 7) is 2.61. The van der Waals surface area contributed by atoms with Crippen molar-refractivity contribution in [3.05, 3.63) is 40.0 Å². The number of rotatable bonds is 5. The van der Waals surface area contributed by atoms with E-state index in [4.69, 9.17) is 16.3 Å². The minimum atomic E-state index is 0.419. The van der Waals surface area contributed by atoms with E-state index >= 15 is 0 Å². The molecular formula is C12H13ClN2OS. The van der Waals surface area contributed by atoms with E-state index in [0.717, 1.165) is 17.7 Å². The molecule has 0 saturated heterocycles. The zero-order chi connectivity index (χ0) is 12.1. The van der Waals surface area contributed by atoms with Crippen LogP contribution >= 0.6 is 22.9 Å². The summed E-state index contributed by atoms with van der Waals surface area (Å²) in [4.78, 5) is 9.63. The van der Waals surface area contributed by atoms with Crippen molar-refractivity contribution in [1.82, 2.24) is 9.97 Å². The van der Waals surface area contributed by atoms with Crippen molar-refractivity contribution in [2.24, 2.45) is 0 Å². The molecule has 0 bridgehead atoms. The lowest BCUT2D eigenvalue weighted by Crippen LogP contribution is -2.04. The van der Waals surface area contributed by atoms with Crippen LogP contribution in [0.4, 0.5) is 0 Å². The summed E-state index contributed by atoms with van der Waals surface area (Å²) in [5.74, 6) is 1.05. The molecule has 2 aromatic heterocycles. The molecule has 90 valence electrons. The molecule has 0 saturated carbocycles. The fourth-order valence-corrected chi connectivity index (χ4v) is 2.43. The lowest BCUT2D eigenvalue weighted by Gasteiger charge is -2.07. The first-order chi connectivity index (χ1) is 8.31. The highest BCUT2D eigenvalue weighted by Gasteiger charge is 2.05. The maximum atomic E-state index is 5.81. The number of hydrogen-bond acceptors (Lipinski definition) is 4. The molecule has 2 aromatic rings. The van der Waals surface area contributed by atoms with Crippen LogP contribution in [0.5, 0.6) is 5.88 Å². The summed E-state index contributed by atoms with van der Waals surface area (Å²) in [7, 11) is 0. The van der Waals surface area contributed by atoms with Gasteiger partial charge in [-0.3, -0.25) is 0 Å². The summed E-state index contributed by atoms with van der Waals surface area (Å²) in [6.07, 6.45) is 2.57. The van der Waals surface area contributed by atoms with E-state index in [9.17, 15) is 0 Å². The predicted molar refractivity (Wildman–Crippen MR) is 69.8 cm³/mol. The SMILES string of the molecule is Cc1ncsc1CCOc1ncccc1CCl. The van der Waals surface area contributed by atoms with Gasteiger partial charge < -0.3 is 4.74 Å². The van der Waals surface area contributed by atoms with Crippen LogP contribution in [0.15, 0.2) is 23.8 Å². The van der Waals surface area contributed by atoms with Crippen molar-refractivity contribution in [3.8, 4) is 5.88 Å². The number of halogens is 1. The standard InChI is InChI=1S/C12H13ClN2OS/c1-9-11(17-8-15-9)4-6-16-12-10(7-13)3-2-5-14-12/h2-3,5,8H,4,6-7H2,1H3. The molecule has 0 N–H and O–H groups in total. The van der Waals surface area contributed by atoms with Crippen molar-refractivity contribution in [3.63, 3.8) is 0 Å². The van der Waals surface area contributed by atoms with Crippen molar-refractivity contribution in [2.75, 3.05) is 6.61 Å². The van der Waals surface area contributed by atoms with Crippen molar-refractivity contribution < 1.29 is 4.74 Å². The first-order valence-electron chi connectivity index (χ1n) is 5.33. The first-order valence-corrected chi connectivity index (χ1v) is 6.74. The van der Waals surface area contributed by atoms with E-state index in [1.165, 1.54) is 4.88 Å². The molecule has 3 nitrogen and oxygen atoms in total. The van der Waals surface area contributed by atoms with Gasteiger partial charge in [-0.1, -0.05) is 6.07 Å². The van der Waals surface area contributed by atoms with Crippen LogP contribution < -0.4 is 4.74 Å². The number of hydrogen-bond donors (Lipinski definition) is 0. The maximum Gasteiger partial charge on any atom is 0.217 e. The molecule has 0 aromatic carbocycles. The smallest absolute Gasteiger partial charge is 0.217 e. The van der Waals surface area contributed by atoms with Crippen molar-refractivity contribution >= 4 is 22.9 Å². The molecule has 5 heteroatoms. The topological polar surface area (TPSA) is 35.0 Å². The minimum absolute atomic E-state index is 0.419.